The third kappa shape index (κ3) is 2.05. The van der Waals surface area contributed by atoms with Crippen LogP contribution in [-0.2, 0) is 14.3 Å². The largest absolute Gasteiger partial charge is 0.481 e. The first kappa shape index (κ1) is 19.6. The first-order chi connectivity index (χ1) is 14.1. The molecule has 13 unspecified atom stereocenters. The van der Waals surface area contributed by atoms with E-state index >= 15 is 0 Å². The summed E-state index contributed by atoms with van der Waals surface area (Å²) in [5, 5.41) is 10.2. The maximum absolute atomic E-state index is 13.6. The zero-order valence-corrected chi connectivity index (χ0v) is 19.1. The molecule has 6 aliphatic carbocycles. The lowest BCUT2D eigenvalue weighted by molar-refractivity contribution is -0.174. The Morgan fingerprint density at radius 3 is 1.93 bits per heavy atom. The summed E-state index contributed by atoms with van der Waals surface area (Å²) < 4.78 is 6.28. The summed E-state index contributed by atoms with van der Waals surface area (Å²) in [5.41, 5.74) is 0.225. The van der Waals surface area contributed by atoms with Crippen molar-refractivity contribution in [3.05, 3.63) is 0 Å². The lowest BCUT2D eigenvalue weighted by atomic mass is 9.59. The molecule has 0 spiro atoms. The Morgan fingerprint density at radius 1 is 0.867 bits per heavy atom. The molecular weight excluding hydrogens is 376 g/mol. The molecule has 4 nitrogen and oxygen atoms in total. The van der Waals surface area contributed by atoms with E-state index < -0.39 is 17.8 Å². The molecule has 6 fully saturated rings. The van der Waals surface area contributed by atoms with E-state index in [1.165, 1.54) is 12.8 Å². The Balaban J connectivity index is 1.27. The number of carbonyl (C=O) groups excluding carboxylic acids is 1. The van der Waals surface area contributed by atoms with Crippen LogP contribution in [0.25, 0.3) is 0 Å². The molecule has 0 aromatic rings. The summed E-state index contributed by atoms with van der Waals surface area (Å²) >= 11 is 0. The summed E-state index contributed by atoms with van der Waals surface area (Å²) in [6.07, 6.45) is 5.46. The van der Waals surface area contributed by atoms with Gasteiger partial charge in [-0.3, -0.25) is 9.59 Å². The average molecular weight is 415 g/mol. The highest BCUT2D eigenvalue weighted by Crippen LogP contribution is 2.73. The molecule has 0 amide bonds. The molecule has 13 atom stereocenters. The molecule has 6 saturated carbocycles. The minimum absolute atomic E-state index is 0.0303. The molecule has 6 rings (SSSR count). The van der Waals surface area contributed by atoms with E-state index in [1.807, 2.05) is 0 Å². The van der Waals surface area contributed by atoms with E-state index in [-0.39, 0.29) is 34.7 Å². The molecule has 0 aliphatic heterocycles. The predicted molar refractivity (Wildman–Crippen MR) is 112 cm³/mol. The first-order valence-electron chi connectivity index (χ1n) is 12.5. The molecule has 0 saturated heterocycles. The van der Waals surface area contributed by atoms with Crippen LogP contribution in [0.1, 0.15) is 66.7 Å². The summed E-state index contributed by atoms with van der Waals surface area (Å²) in [6, 6.07) is 0. The van der Waals surface area contributed by atoms with Gasteiger partial charge in [0.05, 0.1) is 11.8 Å². The maximum atomic E-state index is 13.6. The van der Waals surface area contributed by atoms with Crippen LogP contribution in [0.2, 0.25) is 0 Å². The number of ether oxygens (including phenoxy) is 1. The van der Waals surface area contributed by atoms with E-state index in [2.05, 4.69) is 34.6 Å². The molecule has 6 bridgehead atoms. The van der Waals surface area contributed by atoms with E-state index in [0.717, 1.165) is 19.3 Å². The van der Waals surface area contributed by atoms with Crippen LogP contribution in [0.15, 0.2) is 0 Å². The molecule has 30 heavy (non-hydrogen) atoms. The van der Waals surface area contributed by atoms with Crippen molar-refractivity contribution < 1.29 is 19.4 Å². The normalized spacial score (nSPS) is 59.0. The van der Waals surface area contributed by atoms with Crippen molar-refractivity contribution in [2.75, 3.05) is 0 Å². The molecule has 0 aromatic heterocycles. The minimum atomic E-state index is -0.758. The van der Waals surface area contributed by atoms with Crippen molar-refractivity contribution in [3.8, 4) is 0 Å². The second-order valence-electron chi connectivity index (χ2n) is 12.9. The standard InChI is InChI=1S/C26H38O4/c1-11-12(2)15-9-14(11)19-16-10-17(20(15)19)22(21(16)23(27)28)24(29)30-18-8-13-6-7-26(18,5)25(13,3)4/h11-22H,6-10H2,1-5H3,(H,27,28). The molecule has 0 radical (unpaired) electrons. The quantitative estimate of drug-likeness (QED) is 0.529. The third-order valence-electron chi connectivity index (χ3n) is 12.5. The number of hydrogen-bond donors (Lipinski definition) is 1. The molecule has 6 aliphatic rings. The van der Waals surface area contributed by atoms with Gasteiger partial charge in [0.1, 0.15) is 6.10 Å². The smallest absolute Gasteiger partial charge is 0.310 e. The van der Waals surface area contributed by atoms with Gasteiger partial charge in [-0.05, 0) is 90.8 Å². The molecule has 166 valence electrons. The number of carbonyl (C=O) groups is 2. The average Bonchev–Trinajstić information content (AvgIpc) is 3.46. The number of carboxylic acids is 1. The monoisotopic (exact) mass is 414 g/mol. The molecular formula is C26H38O4. The topological polar surface area (TPSA) is 63.6 Å². The van der Waals surface area contributed by atoms with Crippen LogP contribution in [-0.4, -0.2) is 23.1 Å². The van der Waals surface area contributed by atoms with Crippen LogP contribution < -0.4 is 0 Å². The highest BCUT2D eigenvalue weighted by Gasteiger charge is 2.71. The van der Waals surface area contributed by atoms with E-state index in [0.29, 0.717) is 41.4 Å². The van der Waals surface area contributed by atoms with Gasteiger partial charge in [0.2, 0.25) is 0 Å². The summed E-state index contributed by atoms with van der Waals surface area (Å²) in [4.78, 5) is 26.0. The molecule has 0 aromatic carbocycles. The van der Waals surface area contributed by atoms with Crippen LogP contribution in [0.5, 0.6) is 0 Å². The minimum Gasteiger partial charge on any atom is -0.481 e. The number of esters is 1. The fourth-order valence-corrected chi connectivity index (χ4v) is 10.4. The van der Waals surface area contributed by atoms with Crippen LogP contribution >= 0.6 is 0 Å². The van der Waals surface area contributed by atoms with Crippen molar-refractivity contribution in [1.29, 1.82) is 0 Å². The van der Waals surface area contributed by atoms with Gasteiger partial charge in [-0.15, -0.1) is 0 Å². The van der Waals surface area contributed by atoms with Gasteiger partial charge in [0, 0.05) is 5.41 Å². The second-order valence-corrected chi connectivity index (χ2v) is 12.9. The zero-order valence-electron chi connectivity index (χ0n) is 19.1. The predicted octanol–water partition coefficient (Wildman–Crippen LogP) is 4.87. The van der Waals surface area contributed by atoms with Gasteiger partial charge in [0.15, 0.2) is 0 Å². The van der Waals surface area contributed by atoms with Crippen LogP contribution in [0, 0.1) is 75.9 Å². The lowest BCUT2D eigenvalue weighted by Crippen LogP contribution is -2.48. The Morgan fingerprint density at radius 2 is 1.43 bits per heavy atom. The summed E-state index contributed by atoms with van der Waals surface area (Å²) in [5.74, 6) is 3.04. The van der Waals surface area contributed by atoms with Crippen molar-refractivity contribution in [1.82, 2.24) is 0 Å². The van der Waals surface area contributed by atoms with Crippen molar-refractivity contribution in [3.63, 3.8) is 0 Å². The van der Waals surface area contributed by atoms with E-state index in [1.54, 1.807) is 0 Å². The zero-order chi connectivity index (χ0) is 21.3. The summed E-state index contributed by atoms with van der Waals surface area (Å²) in [7, 11) is 0. The van der Waals surface area contributed by atoms with Gasteiger partial charge in [-0.2, -0.15) is 0 Å². The Kier molecular flexibility index (Phi) is 3.82. The van der Waals surface area contributed by atoms with Crippen molar-refractivity contribution in [2.24, 2.45) is 75.9 Å². The second kappa shape index (κ2) is 5.84. The van der Waals surface area contributed by atoms with Gasteiger partial charge < -0.3 is 9.84 Å². The molecule has 0 heterocycles. The fraction of sp³-hybridized carbons (Fsp3) is 0.923. The Bertz CT molecular complexity index is 803. The van der Waals surface area contributed by atoms with E-state index in [4.69, 9.17) is 4.74 Å². The fourth-order valence-electron chi connectivity index (χ4n) is 10.4. The molecule has 4 heteroatoms. The molecule has 1 N–H and O–H groups in total. The van der Waals surface area contributed by atoms with Gasteiger partial charge in [0.25, 0.3) is 0 Å². The van der Waals surface area contributed by atoms with Crippen LogP contribution in [0.4, 0.5) is 0 Å². The highest BCUT2D eigenvalue weighted by molar-refractivity contribution is 5.83. The lowest BCUT2D eigenvalue weighted by Gasteiger charge is -2.45. The Hall–Kier alpha value is -1.06. The Labute approximate surface area is 180 Å². The number of rotatable bonds is 3. The van der Waals surface area contributed by atoms with Crippen molar-refractivity contribution >= 4 is 11.9 Å². The highest BCUT2D eigenvalue weighted by atomic mass is 16.5. The number of hydrogen-bond acceptors (Lipinski definition) is 3. The van der Waals surface area contributed by atoms with Gasteiger partial charge in [-0.25, -0.2) is 0 Å². The van der Waals surface area contributed by atoms with Gasteiger partial charge in [-0.1, -0.05) is 34.6 Å². The third-order valence-corrected chi connectivity index (χ3v) is 12.5. The number of carboxylic acid groups (broad SMARTS) is 1. The SMILES string of the molecule is CC1C(C)C2CC1C1C3CC(C(C(=O)OC4CC5CCC4(C)C5(C)C)C3C(=O)O)C21. The first-order valence-corrected chi connectivity index (χ1v) is 12.5. The van der Waals surface area contributed by atoms with Crippen LogP contribution in [0.3, 0.4) is 0 Å². The van der Waals surface area contributed by atoms with E-state index in [9.17, 15) is 14.7 Å². The number of fused-ring (bicyclic) bond motifs is 11. The van der Waals surface area contributed by atoms with Gasteiger partial charge >= 0.3 is 11.9 Å². The maximum Gasteiger partial charge on any atom is 0.310 e. The summed E-state index contributed by atoms with van der Waals surface area (Å²) in [6.45, 7) is 11.7. The number of aliphatic carboxylic acids is 1. The van der Waals surface area contributed by atoms with Crippen molar-refractivity contribution in [2.45, 2.75) is 72.8 Å².